The molecule has 0 aliphatic heterocycles. The van der Waals surface area contributed by atoms with E-state index in [2.05, 4.69) is 5.32 Å². The van der Waals surface area contributed by atoms with E-state index in [1.165, 1.54) is 12.1 Å². The number of nitro groups is 1. The van der Waals surface area contributed by atoms with Gasteiger partial charge in [-0.25, -0.2) is 0 Å². The van der Waals surface area contributed by atoms with Crippen molar-refractivity contribution in [3.63, 3.8) is 0 Å². The third kappa shape index (κ3) is 3.84. The van der Waals surface area contributed by atoms with E-state index in [1.54, 1.807) is 17.9 Å². The second-order valence-electron chi connectivity index (χ2n) is 4.45. The molecule has 1 rings (SSSR count). The van der Waals surface area contributed by atoms with Crippen molar-refractivity contribution in [2.45, 2.75) is 26.8 Å². The molecule has 1 unspecified atom stereocenters. The summed E-state index contributed by atoms with van der Waals surface area (Å²) in [6.07, 6.45) is 0. The first-order valence-electron chi connectivity index (χ1n) is 6.49. The SMILES string of the molecule is CCN(CC)C(=O)C(C)Nc1cc(N)cc([N+](=O)[O-])c1. The predicted octanol–water partition coefficient (Wildman–Crippen LogP) is 1.85. The summed E-state index contributed by atoms with van der Waals surface area (Å²) in [6.45, 7) is 6.77. The smallest absolute Gasteiger partial charge is 0.273 e. The zero-order valence-corrected chi connectivity index (χ0v) is 11.9. The highest BCUT2D eigenvalue weighted by molar-refractivity contribution is 5.84. The minimum absolute atomic E-state index is 0.0555. The summed E-state index contributed by atoms with van der Waals surface area (Å²) in [5.41, 5.74) is 6.26. The molecular formula is C13H20N4O3. The molecule has 20 heavy (non-hydrogen) atoms. The number of nitrogen functional groups attached to an aromatic ring is 1. The van der Waals surface area contributed by atoms with Gasteiger partial charge in [0, 0.05) is 36.6 Å². The first-order valence-corrected chi connectivity index (χ1v) is 6.49. The summed E-state index contributed by atoms with van der Waals surface area (Å²) >= 11 is 0. The highest BCUT2D eigenvalue weighted by Gasteiger charge is 2.19. The number of non-ortho nitro benzene ring substituents is 1. The summed E-state index contributed by atoms with van der Waals surface area (Å²) < 4.78 is 0. The number of nitrogens with two attached hydrogens (primary N) is 1. The Morgan fingerprint density at radius 3 is 2.50 bits per heavy atom. The van der Waals surface area contributed by atoms with Gasteiger partial charge in [-0.05, 0) is 26.8 Å². The number of carbonyl (C=O) groups excluding carboxylic acids is 1. The zero-order valence-electron chi connectivity index (χ0n) is 11.9. The number of likely N-dealkylation sites (N-methyl/N-ethyl adjacent to an activating group) is 1. The largest absolute Gasteiger partial charge is 0.398 e. The molecule has 0 aliphatic rings. The normalized spacial score (nSPS) is 11.8. The topological polar surface area (TPSA) is 102 Å². The first-order chi connectivity index (χ1) is 9.38. The lowest BCUT2D eigenvalue weighted by Gasteiger charge is -2.24. The van der Waals surface area contributed by atoms with Crippen molar-refractivity contribution in [2.24, 2.45) is 0 Å². The fraction of sp³-hybridized carbons (Fsp3) is 0.462. The van der Waals surface area contributed by atoms with Crippen molar-refractivity contribution in [2.75, 3.05) is 24.1 Å². The summed E-state index contributed by atoms with van der Waals surface area (Å²) in [5, 5.41) is 13.7. The number of anilines is 2. The van der Waals surface area contributed by atoms with E-state index in [0.717, 1.165) is 0 Å². The van der Waals surface area contributed by atoms with Crippen LogP contribution in [0.25, 0.3) is 0 Å². The Morgan fingerprint density at radius 1 is 1.40 bits per heavy atom. The number of hydrogen-bond acceptors (Lipinski definition) is 5. The third-order valence-corrected chi connectivity index (χ3v) is 2.98. The number of hydrogen-bond donors (Lipinski definition) is 2. The average Bonchev–Trinajstić information content (AvgIpc) is 2.39. The number of nitrogens with zero attached hydrogens (tertiary/aromatic N) is 2. The van der Waals surface area contributed by atoms with Crippen LogP contribution in [0.5, 0.6) is 0 Å². The maximum Gasteiger partial charge on any atom is 0.273 e. The van der Waals surface area contributed by atoms with Gasteiger partial charge in [0.1, 0.15) is 6.04 Å². The van der Waals surface area contributed by atoms with E-state index in [9.17, 15) is 14.9 Å². The molecule has 1 atom stereocenters. The molecule has 1 aromatic carbocycles. The second-order valence-corrected chi connectivity index (χ2v) is 4.45. The van der Waals surface area contributed by atoms with Gasteiger partial charge in [0.2, 0.25) is 5.91 Å². The van der Waals surface area contributed by atoms with Crippen LogP contribution in [0.1, 0.15) is 20.8 Å². The van der Waals surface area contributed by atoms with Crippen LogP contribution in [-0.4, -0.2) is 34.9 Å². The van der Waals surface area contributed by atoms with Crippen LogP contribution in [0.15, 0.2) is 18.2 Å². The maximum absolute atomic E-state index is 12.1. The Morgan fingerprint density at radius 2 is 2.00 bits per heavy atom. The van der Waals surface area contributed by atoms with Crippen molar-refractivity contribution in [3.8, 4) is 0 Å². The molecule has 110 valence electrons. The van der Waals surface area contributed by atoms with Crippen molar-refractivity contribution in [1.29, 1.82) is 0 Å². The lowest BCUT2D eigenvalue weighted by molar-refractivity contribution is -0.384. The highest BCUT2D eigenvalue weighted by Crippen LogP contribution is 2.23. The minimum Gasteiger partial charge on any atom is -0.398 e. The molecule has 0 heterocycles. The molecule has 0 saturated carbocycles. The van der Waals surface area contributed by atoms with Crippen molar-refractivity contribution in [1.82, 2.24) is 4.90 Å². The number of nitro benzene ring substituents is 1. The summed E-state index contributed by atoms with van der Waals surface area (Å²) in [4.78, 5) is 24.1. The van der Waals surface area contributed by atoms with E-state index in [0.29, 0.717) is 18.8 Å². The summed E-state index contributed by atoms with van der Waals surface area (Å²) in [6, 6.07) is 3.74. The van der Waals surface area contributed by atoms with Crippen molar-refractivity contribution in [3.05, 3.63) is 28.3 Å². The Balaban J connectivity index is 2.87. The van der Waals surface area contributed by atoms with Gasteiger partial charge in [0.05, 0.1) is 4.92 Å². The van der Waals surface area contributed by atoms with Crippen LogP contribution in [-0.2, 0) is 4.79 Å². The number of amides is 1. The summed E-state index contributed by atoms with van der Waals surface area (Å²) in [7, 11) is 0. The van der Waals surface area contributed by atoms with Gasteiger partial charge in [-0.1, -0.05) is 0 Å². The van der Waals surface area contributed by atoms with Crippen LogP contribution in [0.2, 0.25) is 0 Å². The molecule has 7 nitrogen and oxygen atoms in total. The zero-order chi connectivity index (χ0) is 15.3. The van der Waals surface area contributed by atoms with Gasteiger partial charge in [-0.15, -0.1) is 0 Å². The fourth-order valence-corrected chi connectivity index (χ4v) is 1.94. The molecule has 0 radical (unpaired) electrons. The Hall–Kier alpha value is -2.31. The van der Waals surface area contributed by atoms with E-state index in [4.69, 9.17) is 5.73 Å². The number of rotatable bonds is 6. The van der Waals surface area contributed by atoms with Crippen molar-refractivity contribution < 1.29 is 9.72 Å². The molecule has 0 saturated heterocycles. The number of nitrogens with one attached hydrogen (secondary N) is 1. The molecule has 0 aliphatic carbocycles. The number of benzene rings is 1. The highest BCUT2D eigenvalue weighted by atomic mass is 16.6. The van der Waals surface area contributed by atoms with Gasteiger partial charge < -0.3 is 16.0 Å². The predicted molar refractivity (Wildman–Crippen MR) is 78.5 cm³/mol. The van der Waals surface area contributed by atoms with Crippen LogP contribution >= 0.6 is 0 Å². The maximum atomic E-state index is 12.1. The average molecular weight is 280 g/mol. The standard InChI is InChI=1S/C13H20N4O3/c1-4-16(5-2)13(18)9(3)15-11-6-10(14)7-12(8-11)17(19)20/h6-9,15H,4-5,14H2,1-3H3. The minimum atomic E-state index is -0.515. The van der Waals surface area contributed by atoms with Crippen LogP contribution < -0.4 is 11.1 Å². The monoisotopic (exact) mass is 280 g/mol. The quantitative estimate of drug-likeness (QED) is 0.470. The molecule has 7 heteroatoms. The fourth-order valence-electron chi connectivity index (χ4n) is 1.94. The van der Waals surface area contributed by atoms with E-state index in [-0.39, 0.29) is 17.3 Å². The molecule has 0 fully saturated rings. The molecule has 1 aromatic rings. The Kier molecular flexibility index (Phi) is 5.31. The van der Waals surface area contributed by atoms with Gasteiger partial charge >= 0.3 is 0 Å². The van der Waals surface area contributed by atoms with E-state index < -0.39 is 11.0 Å². The Labute approximate surface area is 117 Å². The van der Waals surface area contributed by atoms with Crippen LogP contribution in [0.3, 0.4) is 0 Å². The third-order valence-electron chi connectivity index (χ3n) is 2.98. The van der Waals surface area contributed by atoms with Gasteiger partial charge in [-0.3, -0.25) is 14.9 Å². The molecular weight excluding hydrogens is 260 g/mol. The molecule has 0 bridgehead atoms. The number of carbonyl (C=O) groups is 1. The molecule has 0 spiro atoms. The lowest BCUT2D eigenvalue weighted by Crippen LogP contribution is -2.41. The molecule has 1 amide bonds. The van der Waals surface area contributed by atoms with Gasteiger partial charge in [0.25, 0.3) is 5.69 Å². The van der Waals surface area contributed by atoms with Gasteiger partial charge in [-0.2, -0.15) is 0 Å². The van der Waals surface area contributed by atoms with Crippen LogP contribution in [0.4, 0.5) is 17.1 Å². The molecule has 0 aromatic heterocycles. The molecule has 3 N–H and O–H groups in total. The summed E-state index contributed by atoms with van der Waals surface area (Å²) in [5.74, 6) is -0.0555. The van der Waals surface area contributed by atoms with Crippen molar-refractivity contribution >= 4 is 23.0 Å². The van der Waals surface area contributed by atoms with E-state index in [1.807, 2.05) is 13.8 Å². The second kappa shape index (κ2) is 6.74. The first kappa shape index (κ1) is 15.7. The van der Waals surface area contributed by atoms with Gasteiger partial charge in [0.15, 0.2) is 0 Å². The van der Waals surface area contributed by atoms with E-state index >= 15 is 0 Å². The lowest BCUT2D eigenvalue weighted by atomic mass is 10.2. The van der Waals surface area contributed by atoms with Crippen LogP contribution in [0, 0.1) is 10.1 Å². The Bertz CT molecular complexity index is 500.